The molecule has 0 spiro atoms. The number of anilines is 5. The minimum absolute atomic E-state index is 0.167. The molecule has 1 saturated heterocycles. The molecule has 6 N–H and O–H groups in total. The number of ether oxygens (including phenoxy) is 1. The first kappa shape index (κ1) is 36.1. The molecule has 0 bridgehead atoms. The summed E-state index contributed by atoms with van der Waals surface area (Å²) in [5, 5.41) is 59.8. The third-order valence-electron chi connectivity index (χ3n) is 7.65. The van der Waals surface area contributed by atoms with E-state index in [4.69, 9.17) is 4.74 Å². The van der Waals surface area contributed by atoms with Crippen LogP contribution in [0.25, 0.3) is 0 Å². The van der Waals surface area contributed by atoms with Crippen LogP contribution in [0.15, 0.2) is 105 Å². The molecule has 0 aliphatic carbocycles. The largest absolute Gasteiger partial charge is 0.478 e. The van der Waals surface area contributed by atoms with Gasteiger partial charge in [0, 0.05) is 24.5 Å². The Bertz CT molecular complexity index is 2140. The van der Waals surface area contributed by atoms with E-state index in [0.29, 0.717) is 55.0 Å². The van der Waals surface area contributed by atoms with Gasteiger partial charge in [-0.05, 0) is 84.9 Å². The zero-order chi connectivity index (χ0) is 38.2. The van der Waals surface area contributed by atoms with Gasteiger partial charge in [-0.25, -0.2) is 19.2 Å². The Balaban J connectivity index is 1.16. The predicted molar refractivity (Wildman–Crippen MR) is 191 cm³/mol. The van der Waals surface area contributed by atoms with Gasteiger partial charge in [0.15, 0.2) is 0 Å². The van der Waals surface area contributed by atoms with Crippen LogP contribution in [0.4, 0.5) is 52.0 Å². The number of rotatable bonds is 13. The Morgan fingerprint density at radius 1 is 0.519 bits per heavy atom. The van der Waals surface area contributed by atoms with Gasteiger partial charge < -0.3 is 40.7 Å². The van der Waals surface area contributed by atoms with Crippen LogP contribution >= 0.6 is 0 Å². The molecule has 1 aliphatic heterocycles. The minimum Gasteiger partial charge on any atom is -0.478 e. The summed E-state index contributed by atoms with van der Waals surface area (Å²) in [5.41, 5.74) is 0.928. The van der Waals surface area contributed by atoms with Gasteiger partial charge >= 0.3 is 23.9 Å². The van der Waals surface area contributed by atoms with E-state index >= 15 is 0 Å². The van der Waals surface area contributed by atoms with Gasteiger partial charge in [-0.3, -0.25) is 0 Å². The Hall–Kier alpha value is -7.67. The molecule has 54 heavy (non-hydrogen) atoms. The normalized spacial score (nSPS) is 12.9. The zero-order valence-corrected chi connectivity index (χ0v) is 27.8. The standard InChI is InChI=1S/C35H28N10O9/c46-29(47)25-11-9-23(17-27(25)31(50)51)43-41-21-5-1-19(2-6-21)36-33-38-34(40-35(39-33)45-13-15-54-16-14-45)37-20-3-7-22(8-4-20)42-44-24-10-12-26(30(48)49)28(18-24)32(52)53/h1-12,17-18H,13-16H2,(H,46,47)(H,48,49)(H,50,51)(H,52,53)(H2,36,37,38,39,40). The first-order valence-electron chi connectivity index (χ1n) is 15.9. The zero-order valence-electron chi connectivity index (χ0n) is 27.8. The van der Waals surface area contributed by atoms with Crippen LogP contribution in [0.1, 0.15) is 41.4 Å². The second kappa shape index (κ2) is 16.1. The molecule has 0 radical (unpaired) electrons. The first-order valence-corrected chi connectivity index (χ1v) is 15.9. The van der Waals surface area contributed by atoms with Crippen molar-refractivity contribution in [3.63, 3.8) is 0 Å². The molecular weight excluding hydrogens is 704 g/mol. The number of carbonyl (C=O) groups is 4. The molecule has 6 rings (SSSR count). The van der Waals surface area contributed by atoms with E-state index in [1.165, 1.54) is 12.1 Å². The first-order chi connectivity index (χ1) is 26.0. The van der Waals surface area contributed by atoms with Crippen molar-refractivity contribution in [3.8, 4) is 0 Å². The molecule has 0 saturated carbocycles. The monoisotopic (exact) mass is 732 g/mol. The summed E-state index contributed by atoms with van der Waals surface area (Å²) in [5.74, 6) is -4.62. The molecule has 5 aromatic rings. The van der Waals surface area contributed by atoms with Crippen molar-refractivity contribution in [1.82, 2.24) is 15.0 Å². The molecule has 2 heterocycles. The van der Waals surface area contributed by atoms with E-state index in [1.54, 1.807) is 48.5 Å². The molecule has 1 aliphatic rings. The van der Waals surface area contributed by atoms with Crippen molar-refractivity contribution in [2.45, 2.75) is 0 Å². The third-order valence-corrected chi connectivity index (χ3v) is 7.65. The quantitative estimate of drug-likeness (QED) is 0.0678. The van der Waals surface area contributed by atoms with E-state index in [9.17, 15) is 39.6 Å². The third kappa shape index (κ3) is 8.97. The maximum Gasteiger partial charge on any atom is 0.336 e. The van der Waals surface area contributed by atoms with Crippen LogP contribution in [-0.2, 0) is 4.74 Å². The Labute approximate surface area is 304 Å². The summed E-state index contributed by atoms with van der Waals surface area (Å²) in [6.45, 7) is 2.16. The average molecular weight is 733 g/mol. The van der Waals surface area contributed by atoms with E-state index in [2.05, 4.69) is 46.0 Å². The fourth-order valence-electron chi connectivity index (χ4n) is 5.01. The van der Waals surface area contributed by atoms with E-state index in [1.807, 2.05) is 4.90 Å². The summed E-state index contributed by atoms with van der Waals surface area (Å²) in [7, 11) is 0. The van der Waals surface area contributed by atoms with Crippen molar-refractivity contribution < 1.29 is 44.3 Å². The topological polar surface area (TPSA) is 274 Å². The highest BCUT2D eigenvalue weighted by Gasteiger charge is 2.19. The van der Waals surface area contributed by atoms with Crippen LogP contribution in [-0.4, -0.2) is 85.6 Å². The number of hydrogen-bond acceptors (Lipinski definition) is 15. The lowest BCUT2D eigenvalue weighted by Gasteiger charge is -2.27. The number of carboxylic acid groups (broad SMARTS) is 4. The van der Waals surface area contributed by atoms with Gasteiger partial charge in [0.1, 0.15) is 0 Å². The molecule has 0 amide bonds. The molecule has 19 heteroatoms. The second-order valence-corrected chi connectivity index (χ2v) is 11.3. The van der Waals surface area contributed by atoms with Crippen LogP contribution in [0.5, 0.6) is 0 Å². The fraction of sp³-hybridized carbons (Fsp3) is 0.114. The molecule has 272 valence electrons. The highest BCUT2D eigenvalue weighted by molar-refractivity contribution is 6.03. The molecule has 4 aromatic carbocycles. The maximum atomic E-state index is 11.5. The smallest absolute Gasteiger partial charge is 0.336 e. The number of hydrogen-bond donors (Lipinski definition) is 6. The predicted octanol–water partition coefficient (Wildman–Crippen LogP) is 6.82. The van der Waals surface area contributed by atoms with Crippen molar-refractivity contribution in [2.75, 3.05) is 41.8 Å². The number of nitrogens with one attached hydrogen (secondary N) is 2. The molecule has 0 atom stereocenters. The lowest BCUT2D eigenvalue weighted by Crippen LogP contribution is -2.37. The summed E-state index contributed by atoms with van der Waals surface area (Å²) in [6.07, 6.45) is 0. The fourth-order valence-corrected chi connectivity index (χ4v) is 5.01. The number of azo groups is 2. The van der Waals surface area contributed by atoms with Crippen molar-refractivity contribution >= 4 is 75.8 Å². The van der Waals surface area contributed by atoms with Gasteiger partial charge in [-0.15, -0.1) is 0 Å². The SMILES string of the molecule is O=C(O)c1ccc(N=Nc2ccc(Nc3nc(Nc4ccc(N=Nc5ccc(C(=O)O)c(C(=O)O)c5)cc4)nc(N4CCOCC4)n3)cc2)cc1C(=O)O. The van der Waals surface area contributed by atoms with Crippen molar-refractivity contribution in [3.05, 3.63) is 107 Å². The number of aromatic carboxylic acids is 4. The Kier molecular flexibility index (Phi) is 10.8. The summed E-state index contributed by atoms with van der Waals surface area (Å²) in [6, 6.07) is 20.8. The van der Waals surface area contributed by atoms with E-state index in [-0.39, 0.29) is 34.4 Å². The number of nitrogens with zero attached hydrogens (tertiary/aromatic N) is 8. The van der Waals surface area contributed by atoms with Gasteiger partial charge in [0.2, 0.25) is 17.8 Å². The number of morpholine rings is 1. The highest BCUT2D eigenvalue weighted by atomic mass is 16.5. The summed E-state index contributed by atoms with van der Waals surface area (Å²) < 4.78 is 5.48. The van der Waals surface area contributed by atoms with E-state index in [0.717, 1.165) is 24.3 Å². The molecule has 19 nitrogen and oxygen atoms in total. The number of carboxylic acids is 4. The Morgan fingerprint density at radius 2 is 0.889 bits per heavy atom. The summed E-state index contributed by atoms with van der Waals surface area (Å²) >= 11 is 0. The van der Waals surface area contributed by atoms with Gasteiger partial charge in [0.05, 0.1) is 58.2 Å². The lowest BCUT2D eigenvalue weighted by atomic mass is 10.1. The number of aromatic nitrogens is 3. The Morgan fingerprint density at radius 3 is 1.28 bits per heavy atom. The van der Waals surface area contributed by atoms with Gasteiger partial charge in [-0.2, -0.15) is 35.4 Å². The summed E-state index contributed by atoms with van der Waals surface area (Å²) in [4.78, 5) is 61.3. The van der Waals surface area contributed by atoms with Crippen LogP contribution in [0, 0.1) is 0 Å². The molecule has 1 fully saturated rings. The van der Waals surface area contributed by atoms with Crippen molar-refractivity contribution in [1.29, 1.82) is 0 Å². The van der Waals surface area contributed by atoms with Crippen LogP contribution < -0.4 is 15.5 Å². The van der Waals surface area contributed by atoms with Crippen LogP contribution in [0.2, 0.25) is 0 Å². The van der Waals surface area contributed by atoms with Crippen LogP contribution in [0.3, 0.4) is 0 Å². The lowest BCUT2D eigenvalue weighted by molar-refractivity contribution is 0.0651. The number of benzene rings is 4. The highest BCUT2D eigenvalue weighted by Crippen LogP contribution is 2.27. The molecular formula is C35H28N10O9. The minimum atomic E-state index is -1.39. The van der Waals surface area contributed by atoms with Crippen molar-refractivity contribution in [2.24, 2.45) is 20.5 Å². The van der Waals surface area contributed by atoms with Gasteiger partial charge in [0.25, 0.3) is 0 Å². The second-order valence-electron chi connectivity index (χ2n) is 11.3. The average Bonchev–Trinajstić information content (AvgIpc) is 3.17. The van der Waals surface area contributed by atoms with E-state index < -0.39 is 35.0 Å². The maximum absolute atomic E-state index is 11.5. The van der Waals surface area contributed by atoms with Gasteiger partial charge in [-0.1, -0.05) is 0 Å². The molecule has 0 unspecified atom stereocenters. The molecule has 1 aromatic heterocycles.